The standard InChI is InChI=1S/C13H18ClNO2S/c1-15-7-12(16)9-2-3-13(11(14)6-9)17-10-4-5-18-8-10/h2-3,6,10,12,15-16H,4-5,7-8H2,1H3. The van der Waals surface area contributed by atoms with Crippen LogP contribution in [0.2, 0.25) is 5.02 Å². The van der Waals surface area contributed by atoms with Crippen LogP contribution in [-0.4, -0.2) is 36.3 Å². The number of halogens is 1. The molecule has 0 aliphatic carbocycles. The van der Waals surface area contributed by atoms with Crippen molar-refractivity contribution in [3.63, 3.8) is 0 Å². The van der Waals surface area contributed by atoms with Gasteiger partial charge in [0.1, 0.15) is 11.9 Å². The van der Waals surface area contributed by atoms with Crippen LogP contribution in [-0.2, 0) is 0 Å². The maximum atomic E-state index is 9.85. The molecule has 0 amide bonds. The number of ether oxygens (including phenoxy) is 1. The van der Waals surface area contributed by atoms with Gasteiger partial charge < -0.3 is 15.2 Å². The van der Waals surface area contributed by atoms with Crippen LogP contribution in [0, 0.1) is 0 Å². The van der Waals surface area contributed by atoms with E-state index >= 15 is 0 Å². The monoisotopic (exact) mass is 287 g/mol. The van der Waals surface area contributed by atoms with Crippen LogP contribution in [0.5, 0.6) is 5.75 Å². The van der Waals surface area contributed by atoms with Crippen molar-refractivity contribution in [2.75, 3.05) is 25.1 Å². The van der Waals surface area contributed by atoms with Gasteiger partial charge in [-0.25, -0.2) is 0 Å². The maximum Gasteiger partial charge on any atom is 0.138 e. The fraction of sp³-hybridized carbons (Fsp3) is 0.538. The molecular weight excluding hydrogens is 270 g/mol. The lowest BCUT2D eigenvalue weighted by molar-refractivity contribution is 0.177. The van der Waals surface area contributed by atoms with Gasteiger partial charge in [0.2, 0.25) is 0 Å². The molecule has 0 radical (unpaired) electrons. The number of likely N-dealkylation sites (N-methyl/N-ethyl adjacent to an activating group) is 1. The normalized spacial score (nSPS) is 20.9. The molecule has 18 heavy (non-hydrogen) atoms. The summed E-state index contributed by atoms with van der Waals surface area (Å²) in [7, 11) is 1.81. The predicted molar refractivity (Wildman–Crippen MR) is 76.7 cm³/mol. The summed E-state index contributed by atoms with van der Waals surface area (Å²) in [6.07, 6.45) is 0.801. The number of hydrogen-bond acceptors (Lipinski definition) is 4. The van der Waals surface area contributed by atoms with Crippen molar-refractivity contribution in [3.8, 4) is 5.75 Å². The van der Waals surface area contributed by atoms with Crippen LogP contribution >= 0.6 is 23.4 Å². The highest BCUT2D eigenvalue weighted by Crippen LogP contribution is 2.31. The van der Waals surface area contributed by atoms with Gasteiger partial charge in [0.25, 0.3) is 0 Å². The minimum Gasteiger partial charge on any atom is -0.488 e. The zero-order valence-corrected chi connectivity index (χ0v) is 11.9. The molecule has 0 bridgehead atoms. The Morgan fingerprint density at radius 1 is 1.61 bits per heavy atom. The van der Waals surface area contributed by atoms with Gasteiger partial charge in [-0.3, -0.25) is 0 Å². The van der Waals surface area contributed by atoms with E-state index in [1.807, 2.05) is 23.9 Å². The lowest BCUT2D eigenvalue weighted by Crippen LogP contribution is -2.17. The summed E-state index contributed by atoms with van der Waals surface area (Å²) in [5.74, 6) is 2.89. The number of aliphatic hydroxyl groups excluding tert-OH is 1. The van der Waals surface area contributed by atoms with Crippen molar-refractivity contribution in [1.82, 2.24) is 5.32 Å². The van der Waals surface area contributed by atoms with Crippen molar-refractivity contribution in [1.29, 1.82) is 0 Å². The summed E-state index contributed by atoms with van der Waals surface area (Å²) in [5.41, 5.74) is 0.808. The lowest BCUT2D eigenvalue weighted by atomic mass is 10.1. The van der Waals surface area contributed by atoms with Crippen LogP contribution in [0.25, 0.3) is 0 Å². The van der Waals surface area contributed by atoms with E-state index in [4.69, 9.17) is 16.3 Å². The van der Waals surface area contributed by atoms with Gasteiger partial charge >= 0.3 is 0 Å². The van der Waals surface area contributed by atoms with Crippen LogP contribution in [0.15, 0.2) is 18.2 Å². The van der Waals surface area contributed by atoms with Gasteiger partial charge in [-0.05, 0) is 36.9 Å². The lowest BCUT2D eigenvalue weighted by Gasteiger charge is -2.16. The first-order valence-corrected chi connectivity index (χ1v) is 7.60. The van der Waals surface area contributed by atoms with Crippen LogP contribution < -0.4 is 10.1 Å². The fourth-order valence-electron chi connectivity index (χ4n) is 1.92. The second kappa shape index (κ2) is 6.66. The molecule has 2 N–H and O–H groups in total. The maximum absolute atomic E-state index is 9.85. The Bertz CT molecular complexity index is 397. The Morgan fingerprint density at radius 2 is 2.44 bits per heavy atom. The Hall–Kier alpha value is -0.420. The molecule has 3 nitrogen and oxygen atoms in total. The SMILES string of the molecule is CNCC(O)c1ccc(OC2CCSC2)c(Cl)c1. The molecule has 1 aromatic rings. The first-order chi connectivity index (χ1) is 8.70. The molecule has 0 aromatic heterocycles. The number of thioether (sulfide) groups is 1. The molecule has 2 unspecified atom stereocenters. The van der Waals surface area contributed by atoms with Crippen LogP contribution in [0.3, 0.4) is 0 Å². The highest BCUT2D eigenvalue weighted by molar-refractivity contribution is 7.99. The van der Waals surface area contributed by atoms with Crippen LogP contribution in [0.1, 0.15) is 18.1 Å². The average molecular weight is 288 g/mol. The van der Waals surface area contributed by atoms with E-state index in [-0.39, 0.29) is 6.10 Å². The van der Waals surface area contributed by atoms with Gasteiger partial charge in [0.15, 0.2) is 0 Å². The number of rotatable bonds is 5. The van der Waals surface area contributed by atoms with Crippen molar-refractivity contribution in [2.24, 2.45) is 0 Å². The largest absolute Gasteiger partial charge is 0.488 e. The Kier molecular flexibility index (Phi) is 5.18. The second-order valence-corrected chi connectivity index (χ2v) is 5.92. The molecule has 1 aliphatic rings. The number of benzene rings is 1. The smallest absolute Gasteiger partial charge is 0.138 e. The Balaban J connectivity index is 2.04. The van der Waals surface area contributed by atoms with E-state index in [2.05, 4.69) is 5.32 Å². The third kappa shape index (κ3) is 3.54. The third-order valence-corrected chi connectivity index (χ3v) is 4.35. The van der Waals surface area contributed by atoms with Gasteiger partial charge in [-0.15, -0.1) is 0 Å². The topological polar surface area (TPSA) is 41.5 Å². The summed E-state index contributed by atoms with van der Waals surface area (Å²) < 4.78 is 5.85. The van der Waals surface area contributed by atoms with Crippen molar-refractivity contribution < 1.29 is 9.84 Å². The molecule has 2 rings (SSSR count). The molecular formula is C13H18ClNO2S. The molecule has 1 aliphatic heterocycles. The highest BCUT2D eigenvalue weighted by Gasteiger charge is 2.18. The summed E-state index contributed by atoms with van der Waals surface area (Å²) in [6, 6.07) is 5.49. The van der Waals surface area contributed by atoms with Gasteiger partial charge in [-0.2, -0.15) is 11.8 Å². The molecule has 0 saturated carbocycles. The fourth-order valence-corrected chi connectivity index (χ4v) is 3.24. The summed E-state index contributed by atoms with van der Waals surface area (Å²) in [6.45, 7) is 0.510. The summed E-state index contributed by atoms with van der Waals surface area (Å²) in [4.78, 5) is 0. The van der Waals surface area contributed by atoms with Crippen molar-refractivity contribution in [2.45, 2.75) is 18.6 Å². The first kappa shape index (κ1) is 14.0. The average Bonchev–Trinajstić information content (AvgIpc) is 2.85. The predicted octanol–water partition coefficient (Wildman–Crippen LogP) is 2.48. The zero-order valence-electron chi connectivity index (χ0n) is 10.4. The molecule has 1 fully saturated rings. The van der Waals surface area contributed by atoms with Crippen molar-refractivity contribution >= 4 is 23.4 Å². The molecule has 1 saturated heterocycles. The number of nitrogens with one attached hydrogen (secondary N) is 1. The molecule has 1 aromatic carbocycles. The van der Waals surface area contributed by atoms with E-state index in [1.165, 1.54) is 0 Å². The molecule has 5 heteroatoms. The zero-order chi connectivity index (χ0) is 13.0. The molecule has 100 valence electrons. The first-order valence-electron chi connectivity index (χ1n) is 6.07. The Morgan fingerprint density at radius 3 is 3.06 bits per heavy atom. The Labute approximate surface area is 117 Å². The second-order valence-electron chi connectivity index (χ2n) is 4.37. The highest BCUT2D eigenvalue weighted by atomic mass is 35.5. The van der Waals surface area contributed by atoms with Gasteiger partial charge in [0.05, 0.1) is 11.1 Å². The van der Waals surface area contributed by atoms with E-state index in [0.717, 1.165) is 23.5 Å². The van der Waals surface area contributed by atoms with Gasteiger partial charge in [0, 0.05) is 12.3 Å². The van der Waals surface area contributed by atoms with E-state index in [0.29, 0.717) is 17.3 Å². The van der Waals surface area contributed by atoms with Crippen LogP contribution in [0.4, 0.5) is 0 Å². The minimum absolute atomic E-state index is 0.264. The van der Waals surface area contributed by atoms with Gasteiger partial charge in [-0.1, -0.05) is 17.7 Å². The van der Waals surface area contributed by atoms with E-state index in [1.54, 1.807) is 13.1 Å². The molecule has 1 heterocycles. The van der Waals surface area contributed by atoms with E-state index in [9.17, 15) is 5.11 Å². The molecule has 2 atom stereocenters. The molecule has 0 spiro atoms. The summed E-state index contributed by atoms with van der Waals surface area (Å²) in [5, 5.41) is 13.4. The minimum atomic E-state index is -0.538. The summed E-state index contributed by atoms with van der Waals surface area (Å²) >= 11 is 8.09. The quantitative estimate of drug-likeness (QED) is 0.873. The number of hydrogen-bond donors (Lipinski definition) is 2. The third-order valence-electron chi connectivity index (χ3n) is 2.92. The van der Waals surface area contributed by atoms with E-state index < -0.39 is 6.10 Å². The van der Waals surface area contributed by atoms with Crippen molar-refractivity contribution in [3.05, 3.63) is 28.8 Å². The number of aliphatic hydroxyl groups is 1.